The van der Waals surface area contributed by atoms with E-state index < -0.39 is 0 Å². The average Bonchev–Trinajstić information content (AvgIpc) is 2.39. The van der Waals surface area contributed by atoms with Gasteiger partial charge >= 0.3 is 0 Å². The van der Waals surface area contributed by atoms with E-state index in [9.17, 15) is 0 Å². The van der Waals surface area contributed by atoms with Crippen molar-refractivity contribution in [3.05, 3.63) is 29.8 Å². The third-order valence-corrected chi connectivity index (χ3v) is 4.00. The predicted molar refractivity (Wildman–Crippen MR) is 80.5 cm³/mol. The van der Waals surface area contributed by atoms with Crippen LogP contribution >= 0.6 is 0 Å². The van der Waals surface area contributed by atoms with Crippen LogP contribution < -0.4 is 5.32 Å². The van der Waals surface area contributed by atoms with Gasteiger partial charge in [0.05, 0.1) is 6.61 Å². The van der Waals surface area contributed by atoms with E-state index in [1.807, 2.05) is 0 Å². The summed E-state index contributed by atoms with van der Waals surface area (Å²) >= 11 is 0. The third-order valence-electron chi connectivity index (χ3n) is 4.00. The zero-order valence-electron chi connectivity index (χ0n) is 12.4. The van der Waals surface area contributed by atoms with Crippen LogP contribution in [-0.2, 0) is 11.3 Å². The molecule has 1 aliphatic heterocycles. The van der Waals surface area contributed by atoms with Gasteiger partial charge in [-0.3, -0.25) is 0 Å². The molecule has 0 aliphatic carbocycles. The summed E-state index contributed by atoms with van der Waals surface area (Å²) < 4.78 is 5.18. The number of rotatable bonds is 5. The number of nitrogens with zero attached hydrogens (tertiary/aromatic N) is 1. The molecule has 1 saturated heterocycles. The Hall–Kier alpha value is -1.06. The first-order valence-electron chi connectivity index (χ1n) is 7.22. The average molecular weight is 262 g/mol. The highest BCUT2D eigenvalue weighted by atomic mass is 16.5. The van der Waals surface area contributed by atoms with Gasteiger partial charge in [0, 0.05) is 25.4 Å². The zero-order valence-corrected chi connectivity index (χ0v) is 12.4. The van der Waals surface area contributed by atoms with Crippen LogP contribution in [0.2, 0.25) is 0 Å². The van der Waals surface area contributed by atoms with Gasteiger partial charge in [0.1, 0.15) is 0 Å². The van der Waals surface area contributed by atoms with Crippen LogP contribution in [0.3, 0.4) is 0 Å². The highest BCUT2D eigenvalue weighted by molar-refractivity contribution is 5.46. The fourth-order valence-electron chi connectivity index (χ4n) is 2.91. The second-order valence-corrected chi connectivity index (χ2v) is 5.73. The number of anilines is 1. The van der Waals surface area contributed by atoms with E-state index in [0.717, 1.165) is 5.92 Å². The Kier molecular flexibility index (Phi) is 5.23. The fraction of sp³-hybridized carbons (Fsp3) is 0.625. The van der Waals surface area contributed by atoms with E-state index in [1.165, 1.54) is 37.2 Å². The Bertz CT molecular complexity index is 394. The van der Waals surface area contributed by atoms with Crippen molar-refractivity contribution in [2.45, 2.75) is 32.4 Å². The Morgan fingerprint density at radius 1 is 1.47 bits per heavy atom. The lowest BCUT2D eigenvalue weighted by atomic mass is 9.91. The zero-order chi connectivity index (χ0) is 13.7. The topological polar surface area (TPSA) is 24.5 Å². The molecule has 0 radical (unpaired) electrons. The fourth-order valence-corrected chi connectivity index (χ4v) is 2.91. The summed E-state index contributed by atoms with van der Waals surface area (Å²) in [6.07, 6.45) is 2.65. The van der Waals surface area contributed by atoms with E-state index in [-0.39, 0.29) is 0 Å². The highest BCUT2D eigenvalue weighted by Gasteiger charge is 2.22. The van der Waals surface area contributed by atoms with Gasteiger partial charge in [0.15, 0.2) is 0 Å². The van der Waals surface area contributed by atoms with Gasteiger partial charge in [-0.1, -0.05) is 12.1 Å². The summed E-state index contributed by atoms with van der Waals surface area (Å²) in [5, 5.41) is 3.65. The molecular weight excluding hydrogens is 236 g/mol. The summed E-state index contributed by atoms with van der Waals surface area (Å²) in [6, 6.07) is 9.04. The molecule has 3 nitrogen and oxygen atoms in total. The van der Waals surface area contributed by atoms with Gasteiger partial charge in [-0.2, -0.15) is 0 Å². The summed E-state index contributed by atoms with van der Waals surface area (Å²) in [5.41, 5.74) is 2.43. The number of hydrogen-bond donors (Lipinski definition) is 1. The number of methoxy groups -OCH3 is 1. The van der Waals surface area contributed by atoms with E-state index in [2.05, 4.69) is 48.5 Å². The number of nitrogens with one attached hydrogen (secondary N) is 1. The highest BCUT2D eigenvalue weighted by Crippen LogP contribution is 2.22. The lowest BCUT2D eigenvalue weighted by Crippen LogP contribution is -2.39. The van der Waals surface area contributed by atoms with Crippen molar-refractivity contribution in [2.75, 3.05) is 32.6 Å². The molecule has 1 aliphatic rings. The van der Waals surface area contributed by atoms with Crippen LogP contribution in [0.1, 0.15) is 25.3 Å². The van der Waals surface area contributed by atoms with E-state index in [0.29, 0.717) is 12.6 Å². The molecule has 0 amide bonds. The molecule has 1 aromatic carbocycles. The lowest BCUT2D eigenvalue weighted by Gasteiger charge is -2.34. The van der Waals surface area contributed by atoms with Gasteiger partial charge in [0.25, 0.3) is 0 Å². The van der Waals surface area contributed by atoms with Gasteiger partial charge in [0.2, 0.25) is 0 Å². The molecule has 0 saturated carbocycles. The Labute approximate surface area is 116 Å². The second-order valence-electron chi connectivity index (χ2n) is 5.73. The minimum Gasteiger partial charge on any atom is -0.382 e. The minimum absolute atomic E-state index is 0.514. The molecule has 1 heterocycles. The molecular formula is C16H26N2O. The Morgan fingerprint density at radius 3 is 3.05 bits per heavy atom. The van der Waals surface area contributed by atoms with Crippen LogP contribution in [0.4, 0.5) is 5.69 Å². The molecule has 0 spiro atoms. The maximum Gasteiger partial charge on any atom is 0.0713 e. The van der Waals surface area contributed by atoms with Crippen molar-refractivity contribution < 1.29 is 4.74 Å². The quantitative estimate of drug-likeness (QED) is 0.883. The van der Waals surface area contributed by atoms with Crippen LogP contribution in [-0.4, -0.2) is 38.2 Å². The largest absolute Gasteiger partial charge is 0.382 e. The minimum atomic E-state index is 0.514. The molecule has 0 bridgehead atoms. The smallest absolute Gasteiger partial charge is 0.0713 e. The monoisotopic (exact) mass is 262 g/mol. The molecule has 19 heavy (non-hydrogen) atoms. The molecule has 2 unspecified atom stereocenters. The predicted octanol–water partition coefficient (Wildman–Crippen LogP) is 2.98. The first-order valence-corrected chi connectivity index (χ1v) is 7.22. The maximum absolute atomic E-state index is 5.18. The Morgan fingerprint density at radius 2 is 2.32 bits per heavy atom. The van der Waals surface area contributed by atoms with Crippen LogP contribution in [0.15, 0.2) is 24.3 Å². The summed E-state index contributed by atoms with van der Waals surface area (Å²) in [7, 11) is 3.96. The van der Waals surface area contributed by atoms with Crippen molar-refractivity contribution in [3.63, 3.8) is 0 Å². The van der Waals surface area contributed by atoms with Crippen molar-refractivity contribution in [1.29, 1.82) is 0 Å². The molecule has 1 N–H and O–H groups in total. The molecule has 0 aromatic heterocycles. The first kappa shape index (κ1) is 14.4. The molecule has 1 aromatic rings. The Balaban J connectivity index is 1.94. The molecule has 106 valence electrons. The second kappa shape index (κ2) is 6.92. The van der Waals surface area contributed by atoms with E-state index in [4.69, 9.17) is 4.74 Å². The molecule has 3 heteroatoms. The number of likely N-dealkylation sites (tertiary alicyclic amines) is 1. The third kappa shape index (κ3) is 4.22. The van der Waals surface area contributed by atoms with Gasteiger partial charge in [-0.15, -0.1) is 0 Å². The number of benzene rings is 1. The van der Waals surface area contributed by atoms with E-state index in [1.54, 1.807) is 7.11 Å². The maximum atomic E-state index is 5.18. The number of ether oxygens (including phenoxy) is 1. The van der Waals surface area contributed by atoms with Gasteiger partial charge in [-0.25, -0.2) is 0 Å². The lowest BCUT2D eigenvalue weighted by molar-refractivity contribution is 0.185. The number of hydrogen-bond acceptors (Lipinski definition) is 3. The summed E-state index contributed by atoms with van der Waals surface area (Å²) in [4.78, 5) is 2.44. The van der Waals surface area contributed by atoms with Crippen molar-refractivity contribution in [3.8, 4) is 0 Å². The molecule has 2 atom stereocenters. The van der Waals surface area contributed by atoms with Crippen molar-refractivity contribution >= 4 is 5.69 Å². The normalized spacial score (nSPS) is 22.2. The first-order chi connectivity index (χ1) is 9.19. The van der Waals surface area contributed by atoms with Crippen LogP contribution in [0.5, 0.6) is 0 Å². The van der Waals surface area contributed by atoms with Crippen LogP contribution in [0, 0.1) is 5.92 Å². The SMILES string of the molecule is COCc1cccc(NC(C)C2CCCN(C)C2)c1. The van der Waals surface area contributed by atoms with Gasteiger partial charge < -0.3 is 15.0 Å². The van der Waals surface area contributed by atoms with Crippen LogP contribution in [0.25, 0.3) is 0 Å². The van der Waals surface area contributed by atoms with Crippen molar-refractivity contribution in [1.82, 2.24) is 4.90 Å². The standard InChI is InChI=1S/C16H26N2O/c1-13(15-7-5-9-18(2)11-15)17-16-8-4-6-14(10-16)12-19-3/h4,6,8,10,13,15,17H,5,7,9,11-12H2,1-3H3. The van der Waals surface area contributed by atoms with E-state index >= 15 is 0 Å². The van der Waals surface area contributed by atoms with Crippen molar-refractivity contribution in [2.24, 2.45) is 5.92 Å². The summed E-state index contributed by atoms with van der Waals surface area (Å²) in [5.74, 6) is 0.741. The molecule has 1 fully saturated rings. The number of piperidine rings is 1. The summed E-state index contributed by atoms with van der Waals surface area (Å²) in [6.45, 7) is 5.42. The van der Waals surface area contributed by atoms with Gasteiger partial charge in [-0.05, 0) is 57.0 Å². The molecule has 2 rings (SSSR count).